The Morgan fingerprint density at radius 1 is 0.754 bits per heavy atom. The first-order valence-corrected chi connectivity index (χ1v) is 18.0. The monoisotopic (exact) mass is 776 g/mol. The van der Waals surface area contributed by atoms with Crippen LogP contribution in [0.3, 0.4) is 0 Å². The number of ketones is 1. The number of Topliss-reactive ketones (excluding diaryl/α,β-unsaturated/α-hetero) is 1. The smallest absolute Gasteiger partial charge is 0.262 e. The number of fused-ring (bicyclic) bond motifs is 2. The summed E-state index contributed by atoms with van der Waals surface area (Å²) >= 11 is 0. The van der Waals surface area contributed by atoms with Crippen molar-refractivity contribution in [3.8, 4) is 23.0 Å². The minimum atomic E-state index is -1.24. The highest BCUT2D eigenvalue weighted by Crippen LogP contribution is 2.44. The second-order valence-electron chi connectivity index (χ2n) is 13.6. The predicted molar refractivity (Wildman–Crippen MR) is 207 cm³/mol. The van der Waals surface area contributed by atoms with Crippen LogP contribution in [0.1, 0.15) is 28.4 Å². The molecule has 1 aliphatic carbocycles. The third-order valence-corrected chi connectivity index (χ3v) is 9.42. The van der Waals surface area contributed by atoms with Gasteiger partial charge in [-0.25, -0.2) is 0 Å². The second-order valence-corrected chi connectivity index (χ2v) is 13.6. The fourth-order valence-corrected chi connectivity index (χ4v) is 6.47. The van der Waals surface area contributed by atoms with Crippen molar-refractivity contribution >= 4 is 34.7 Å². The quantitative estimate of drug-likeness (QED) is 0.113. The topological polar surface area (TPSA) is 191 Å². The molecule has 4 atom stereocenters. The highest BCUT2D eigenvalue weighted by molar-refractivity contribution is 6.04. The molecule has 14 heteroatoms. The molecule has 14 nitrogen and oxygen atoms in total. The first kappa shape index (κ1) is 38.3. The van der Waals surface area contributed by atoms with Crippen LogP contribution in [0.4, 0.5) is 11.4 Å². The maximum absolute atomic E-state index is 13.4. The fourth-order valence-electron chi connectivity index (χ4n) is 6.47. The zero-order valence-corrected chi connectivity index (χ0v) is 31.2. The Kier molecular flexibility index (Phi) is 11.1. The van der Waals surface area contributed by atoms with Crippen molar-refractivity contribution in [3.05, 3.63) is 137 Å². The lowest BCUT2D eigenvalue weighted by Crippen LogP contribution is -2.38. The highest BCUT2D eigenvalue weighted by Gasteiger charge is 2.44. The van der Waals surface area contributed by atoms with Crippen LogP contribution in [-0.2, 0) is 23.9 Å². The Morgan fingerprint density at radius 2 is 1.40 bits per heavy atom. The average Bonchev–Trinajstić information content (AvgIpc) is 3.21. The van der Waals surface area contributed by atoms with E-state index in [2.05, 4.69) is 10.6 Å². The van der Waals surface area contributed by atoms with Crippen LogP contribution >= 0.6 is 0 Å². The number of anilines is 2. The number of rotatable bonds is 12. The molecule has 2 aliphatic heterocycles. The summed E-state index contributed by atoms with van der Waals surface area (Å²) < 4.78 is 35.5. The van der Waals surface area contributed by atoms with Crippen molar-refractivity contribution in [2.24, 2.45) is 5.92 Å². The fraction of sp³-hybridized carbons (Fsp3) is 0.233. The van der Waals surface area contributed by atoms with Crippen molar-refractivity contribution in [1.29, 1.82) is 0 Å². The van der Waals surface area contributed by atoms with E-state index in [1.807, 2.05) is 38.1 Å². The van der Waals surface area contributed by atoms with Gasteiger partial charge in [0.15, 0.2) is 54.2 Å². The largest absolute Gasteiger partial charge is 0.511 e. The van der Waals surface area contributed by atoms with E-state index < -0.39 is 54.0 Å². The molecule has 5 N–H and O–H groups in total. The molecule has 0 fully saturated rings. The molecule has 0 bridgehead atoms. The maximum Gasteiger partial charge on any atom is 0.262 e. The van der Waals surface area contributed by atoms with E-state index in [-0.39, 0.29) is 42.0 Å². The molecule has 7 rings (SSSR count). The van der Waals surface area contributed by atoms with Gasteiger partial charge in [-0.05, 0) is 74.5 Å². The van der Waals surface area contributed by atoms with Gasteiger partial charge < -0.3 is 54.4 Å². The van der Waals surface area contributed by atoms with Crippen molar-refractivity contribution in [2.75, 3.05) is 37.6 Å². The summed E-state index contributed by atoms with van der Waals surface area (Å²) in [6, 6.07) is 24.2. The molecule has 2 amide bonds. The van der Waals surface area contributed by atoms with E-state index in [1.54, 1.807) is 54.6 Å². The SMILES string of the molecule is COc1cc(C2Oc3cc(C4=C(O)C(=O)C5C(O)=CC(OCC(=O)Nc6ccc(C)cc6)=CC5O4)ccc3OC2CO)ccc1OCC(=O)Nc1ccc(C)cc1. The lowest BCUT2D eigenvalue weighted by Gasteiger charge is -2.35. The number of nitrogens with one attached hydrogen (secondary N) is 2. The zero-order chi connectivity index (χ0) is 40.2. The molecule has 4 aromatic carbocycles. The minimum Gasteiger partial charge on any atom is -0.511 e. The van der Waals surface area contributed by atoms with Gasteiger partial charge in [0.25, 0.3) is 11.8 Å². The van der Waals surface area contributed by atoms with Crippen molar-refractivity contribution < 1.29 is 58.1 Å². The number of aryl methyl sites for hydroxylation is 2. The molecule has 2 heterocycles. The molecule has 294 valence electrons. The number of benzene rings is 4. The number of hydrogen-bond donors (Lipinski definition) is 5. The number of aliphatic hydroxyl groups is 3. The van der Waals surface area contributed by atoms with E-state index in [9.17, 15) is 29.7 Å². The first-order chi connectivity index (χ1) is 27.5. The van der Waals surface area contributed by atoms with Crippen LogP contribution in [0.25, 0.3) is 5.76 Å². The van der Waals surface area contributed by atoms with Crippen LogP contribution in [-0.4, -0.2) is 72.1 Å². The number of hydrogen-bond acceptors (Lipinski definition) is 12. The number of amides is 2. The standard InChI is InChI=1S/C43H40N2O12/c1-23-4-10-27(11-5-23)44-37(48)21-53-29-18-30(47)39-35(19-29)57-43(41(51)40(39)50)26-9-15-32-34(17-26)56-42(36(20-46)55-32)25-8-14-31(33(16-25)52-3)54-22-38(49)45-28-12-6-24(2)7-13-28/h4-19,35-36,39,42,46-47,51H,20-22H2,1-3H3,(H,44,48)(H,45,49). The molecule has 3 aliphatic rings. The summed E-state index contributed by atoms with van der Waals surface area (Å²) in [7, 11) is 1.45. The minimum absolute atomic E-state index is 0.0961. The lowest BCUT2D eigenvalue weighted by molar-refractivity contribution is -0.126. The zero-order valence-electron chi connectivity index (χ0n) is 31.2. The summed E-state index contributed by atoms with van der Waals surface area (Å²) in [4.78, 5) is 38.5. The molecule has 0 spiro atoms. The molecule has 57 heavy (non-hydrogen) atoms. The Morgan fingerprint density at radius 3 is 2.04 bits per heavy atom. The van der Waals surface area contributed by atoms with Gasteiger partial charge in [-0.2, -0.15) is 0 Å². The van der Waals surface area contributed by atoms with E-state index in [4.69, 9.17) is 28.4 Å². The normalized spacial score (nSPS) is 19.6. The predicted octanol–water partition coefficient (Wildman–Crippen LogP) is 6.01. The average molecular weight is 777 g/mol. The van der Waals surface area contributed by atoms with Crippen LogP contribution in [0.5, 0.6) is 23.0 Å². The van der Waals surface area contributed by atoms with Gasteiger partial charge in [-0.3, -0.25) is 14.4 Å². The number of ether oxygens (including phenoxy) is 6. The molecular formula is C43H40N2O12. The summed E-state index contributed by atoms with van der Waals surface area (Å²) in [6.07, 6.45) is -0.104. The van der Waals surface area contributed by atoms with Crippen molar-refractivity contribution in [2.45, 2.75) is 32.2 Å². The van der Waals surface area contributed by atoms with Gasteiger partial charge >= 0.3 is 0 Å². The molecule has 0 saturated carbocycles. The lowest BCUT2D eigenvalue weighted by atomic mass is 9.86. The van der Waals surface area contributed by atoms with E-state index in [1.165, 1.54) is 25.3 Å². The van der Waals surface area contributed by atoms with Gasteiger partial charge in [0, 0.05) is 28.6 Å². The van der Waals surface area contributed by atoms with Crippen LogP contribution in [0, 0.1) is 19.8 Å². The van der Waals surface area contributed by atoms with Gasteiger partial charge in [-0.15, -0.1) is 0 Å². The Bertz CT molecular complexity index is 2280. The summed E-state index contributed by atoms with van der Waals surface area (Å²) in [5.41, 5.74) is 4.15. The Labute approximate surface area is 327 Å². The molecule has 4 unspecified atom stereocenters. The summed E-state index contributed by atoms with van der Waals surface area (Å²) in [5.74, 6) is -2.88. The van der Waals surface area contributed by atoms with Crippen LogP contribution in [0.2, 0.25) is 0 Å². The molecule has 0 aromatic heterocycles. The summed E-state index contributed by atoms with van der Waals surface area (Å²) in [6.45, 7) is 2.83. The van der Waals surface area contributed by atoms with Crippen LogP contribution < -0.4 is 29.6 Å². The van der Waals surface area contributed by atoms with Crippen molar-refractivity contribution in [3.63, 3.8) is 0 Å². The number of carbonyl (C=O) groups excluding carboxylic acids is 3. The van der Waals surface area contributed by atoms with E-state index in [0.717, 1.165) is 11.1 Å². The third kappa shape index (κ3) is 8.50. The Hall–Kier alpha value is -6.93. The van der Waals surface area contributed by atoms with E-state index in [0.29, 0.717) is 34.2 Å². The summed E-state index contributed by atoms with van der Waals surface area (Å²) in [5, 5.41) is 37.6. The van der Waals surface area contributed by atoms with Gasteiger partial charge in [0.1, 0.15) is 23.5 Å². The number of aliphatic hydroxyl groups excluding tert-OH is 3. The Balaban J connectivity index is 1.05. The second kappa shape index (κ2) is 16.4. The highest BCUT2D eigenvalue weighted by atomic mass is 16.6. The van der Waals surface area contributed by atoms with Crippen LogP contribution in [0.15, 0.2) is 114 Å². The molecule has 0 radical (unpaired) electrons. The first-order valence-electron chi connectivity index (χ1n) is 18.0. The van der Waals surface area contributed by atoms with Gasteiger partial charge in [0.05, 0.1) is 13.7 Å². The molecule has 0 saturated heterocycles. The third-order valence-electron chi connectivity index (χ3n) is 9.42. The van der Waals surface area contributed by atoms with Gasteiger partial charge in [-0.1, -0.05) is 41.5 Å². The number of carbonyl (C=O) groups is 3. The maximum atomic E-state index is 13.4. The molecule has 4 aromatic rings. The van der Waals surface area contributed by atoms with Crippen molar-refractivity contribution in [1.82, 2.24) is 0 Å². The number of methoxy groups -OCH3 is 1. The number of allylic oxidation sites excluding steroid dienone is 2. The van der Waals surface area contributed by atoms with E-state index >= 15 is 0 Å². The van der Waals surface area contributed by atoms with Gasteiger partial charge in [0.2, 0.25) is 11.5 Å². The molecular weight excluding hydrogens is 736 g/mol.